The molecule has 3 aromatic rings. The molecule has 0 aliphatic carbocycles. The summed E-state index contributed by atoms with van der Waals surface area (Å²) in [6.07, 6.45) is 1.70. The number of ether oxygens (including phenoxy) is 3. The summed E-state index contributed by atoms with van der Waals surface area (Å²) in [4.78, 5) is 55.6. The third-order valence-electron chi connectivity index (χ3n) is 8.93. The van der Waals surface area contributed by atoms with Crippen molar-refractivity contribution in [1.29, 1.82) is 0 Å². The summed E-state index contributed by atoms with van der Waals surface area (Å²) in [6, 6.07) is 16.3. The summed E-state index contributed by atoms with van der Waals surface area (Å²) in [6.45, 7) is 3.98. The molecular weight excluding hydrogens is 656 g/mol. The van der Waals surface area contributed by atoms with E-state index in [-0.39, 0.29) is 73.9 Å². The van der Waals surface area contributed by atoms with Crippen molar-refractivity contribution in [2.24, 2.45) is 5.92 Å². The van der Waals surface area contributed by atoms with Crippen molar-refractivity contribution in [2.75, 3.05) is 55.2 Å². The molecule has 0 unspecified atom stereocenters. The molecule has 0 spiro atoms. The first kappa shape index (κ1) is 36.8. The Morgan fingerprint density at radius 1 is 0.941 bits per heavy atom. The van der Waals surface area contributed by atoms with Gasteiger partial charge in [0.25, 0.3) is 5.91 Å². The molecule has 0 saturated heterocycles. The van der Waals surface area contributed by atoms with Crippen molar-refractivity contribution in [1.82, 2.24) is 9.80 Å². The van der Waals surface area contributed by atoms with Crippen molar-refractivity contribution in [2.45, 2.75) is 58.1 Å². The number of hydrogen-bond acceptors (Lipinski definition) is 9. The lowest BCUT2D eigenvalue weighted by atomic mass is 9.99. The average Bonchev–Trinajstić information content (AvgIpc) is 3.58. The third kappa shape index (κ3) is 9.39. The summed E-state index contributed by atoms with van der Waals surface area (Å²) >= 11 is 0. The number of carbonyl (C=O) groups excluding carboxylic acids is 4. The van der Waals surface area contributed by atoms with Crippen molar-refractivity contribution >= 4 is 46.5 Å². The van der Waals surface area contributed by atoms with Gasteiger partial charge in [-0.05, 0) is 56.2 Å². The average molecular weight is 703 g/mol. The Hall–Kier alpha value is -5.50. The topological polar surface area (TPSA) is 185 Å². The van der Waals surface area contributed by atoms with Crippen LogP contribution in [0.4, 0.5) is 27.5 Å². The molecule has 2 aliphatic heterocycles. The zero-order valence-corrected chi connectivity index (χ0v) is 29.1. The van der Waals surface area contributed by atoms with Crippen LogP contribution in [-0.4, -0.2) is 84.3 Å². The van der Waals surface area contributed by atoms with E-state index in [0.29, 0.717) is 59.9 Å². The van der Waals surface area contributed by atoms with Crippen LogP contribution in [0, 0.1) is 5.92 Å². The van der Waals surface area contributed by atoms with Crippen LogP contribution in [0.25, 0.3) is 0 Å². The summed E-state index contributed by atoms with van der Waals surface area (Å²) in [5.74, 6) is 0.321. The number of nitrogens with zero attached hydrogens (tertiary/aromatic N) is 2. The maximum atomic E-state index is 13.8. The van der Waals surface area contributed by atoms with E-state index in [1.54, 1.807) is 79.5 Å². The Morgan fingerprint density at radius 2 is 1.63 bits per heavy atom. The zero-order chi connectivity index (χ0) is 36.5. The molecule has 3 atom stereocenters. The molecule has 14 heteroatoms. The van der Waals surface area contributed by atoms with Crippen LogP contribution in [0.15, 0.2) is 60.7 Å². The molecule has 0 bridgehead atoms. The molecule has 2 aliphatic rings. The van der Waals surface area contributed by atoms with Crippen molar-refractivity contribution in [3.8, 4) is 17.2 Å². The van der Waals surface area contributed by atoms with E-state index in [9.17, 15) is 24.3 Å². The number of nitrogens with one attached hydrogen (secondary N) is 3. The second-order valence-electron chi connectivity index (χ2n) is 12.9. The fourth-order valence-electron chi connectivity index (χ4n) is 5.89. The highest BCUT2D eigenvalue weighted by atomic mass is 16.7. The molecule has 51 heavy (non-hydrogen) atoms. The highest BCUT2D eigenvalue weighted by Crippen LogP contribution is 2.36. The SMILES string of the molecule is C[C@H](CO)N1C[C@H](C)[C@@H](CN(C)C(=O)Nc2ccc3c(c2)OCO3)Oc2c(NC(=O)CCCCCC(=O)Nc3ccccc3N)cccc2C1=O. The van der Waals surface area contributed by atoms with E-state index in [0.717, 1.165) is 0 Å². The lowest BCUT2D eigenvalue weighted by molar-refractivity contribution is -0.116. The summed E-state index contributed by atoms with van der Waals surface area (Å²) < 4.78 is 17.3. The van der Waals surface area contributed by atoms with E-state index in [1.807, 2.05) is 6.92 Å². The number of likely N-dealkylation sites (N-methyl/N-ethyl adjacent to an activating group) is 1. The summed E-state index contributed by atoms with van der Waals surface area (Å²) in [5.41, 5.74) is 8.06. The number of para-hydroxylation sites is 3. The normalized spacial score (nSPS) is 16.9. The third-order valence-corrected chi connectivity index (χ3v) is 8.93. The van der Waals surface area contributed by atoms with E-state index >= 15 is 0 Å². The van der Waals surface area contributed by atoms with E-state index in [2.05, 4.69) is 16.0 Å². The van der Waals surface area contributed by atoms with E-state index < -0.39 is 12.1 Å². The van der Waals surface area contributed by atoms with Gasteiger partial charge in [0.05, 0.1) is 41.8 Å². The standard InChI is InChI=1S/C37H46N6O8/c1-23-19-43(24(2)21-44)36(47)26-10-9-13-29(41-34(46)15-6-4-5-14-33(45)40-28-12-8-7-11-27(28)38)35(26)51-32(23)20-42(3)37(48)39-25-16-17-30-31(18-25)50-22-49-30/h7-13,16-18,23-24,32,44H,4-6,14-15,19-22,38H2,1-3H3,(H,39,48)(H,40,45)(H,41,46)/t23-,24+,32+/m0/s1. The number of aliphatic hydroxyl groups is 1. The van der Waals surface area contributed by atoms with Crippen molar-refractivity contribution in [3.63, 3.8) is 0 Å². The molecule has 3 aromatic carbocycles. The molecule has 0 radical (unpaired) electrons. The largest absolute Gasteiger partial charge is 0.485 e. The molecule has 6 N–H and O–H groups in total. The Labute approximate surface area is 297 Å². The van der Waals surface area contributed by atoms with Crippen LogP contribution in [0.3, 0.4) is 0 Å². The second kappa shape index (κ2) is 16.9. The predicted octanol–water partition coefficient (Wildman–Crippen LogP) is 4.91. The Balaban J connectivity index is 1.23. The van der Waals surface area contributed by atoms with Gasteiger partial charge in [0.2, 0.25) is 18.6 Å². The Bertz CT molecular complexity index is 1730. The first-order valence-corrected chi connectivity index (χ1v) is 17.1. The van der Waals surface area contributed by atoms with Gasteiger partial charge in [0, 0.05) is 44.1 Å². The monoisotopic (exact) mass is 702 g/mol. The second-order valence-corrected chi connectivity index (χ2v) is 12.9. The van der Waals surface area contributed by atoms with Gasteiger partial charge < -0.3 is 50.8 Å². The summed E-state index contributed by atoms with van der Waals surface area (Å²) in [7, 11) is 1.64. The smallest absolute Gasteiger partial charge is 0.321 e. The van der Waals surface area contributed by atoms with Crippen LogP contribution >= 0.6 is 0 Å². The molecule has 2 heterocycles. The first-order chi connectivity index (χ1) is 24.5. The first-order valence-electron chi connectivity index (χ1n) is 17.1. The van der Waals surface area contributed by atoms with E-state index in [4.69, 9.17) is 19.9 Å². The lowest BCUT2D eigenvalue weighted by Gasteiger charge is -2.38. The quantitative estimate of drug-likeness (QED) is 0.122. The number of amides is 5. The molecule has 0 saturated carbocycles. The van der Waals surface area contributed by atoms with Gasteiger partial charge in [-0.25, -0.2) is 4.79 Å². The maximum absolute atomic E-state index is 13.8. The maximum Gasteiger partial charge on any atom is 0.321 e. The highest BCUT2D eigenvalue weighted by Gasteiger charge is 2.35. The number of aliphatic hydroxyl groups excluding tert-OH is 1. The molecule has 14 nitrogen and oxygen atoms in total. The number of rotatable bonds is 13. The number of urea groups is 1. The predicted molar refractivity (Wildman–Crippen MR) is 193 cm³/mol. The van der Waals surface area contributed by atoms with Gasteiger partial charge in [-0.2, -0.15) is 0 Å². The fourth-order valence-corrected chi connectivity index (χ4v) is 5.89. The van der Waals surface area contributed by atoms with Gasteiger partial charge >= 0.3 is 6.03 Å². The van der Waals surface area contributed by atoms with Crippen molar-refractivity contribution in [3.05, 3.63) is 66.2 Å². The number of benzene rings is 3. The zero-order valence-electron chi connectivity index (χ0n) is 29.1. The molecular formula is C37H46N6O8. The summed E-state index contributed by atoms with van der Waals surface area (Å²) in [5, 5.41) is 18.6. The van der Waals surface area contributed by atoms with Gasteiger partial charge in [-0.1, -0.05) is 31.5 Å². The number of nitrogens with two attached hydrogens (primary N) is 1. The van der Waals surface area contributed by atoms with Gasteiger partial charge in [-0.15, -0.1) is 0 Å². The van der Waals surface area contributed by atoms with Crippen LogP contribution < -0.4 is 35.9 Å². The van der Waals surface area contributed by atoms with Crippen LogP contribution in [0.5, 0.6) is 17.2 Å². The molecule has 5 rings (SSSR count). The number of anilines is 4. The minimum absolute atomic E-state index is 0.119. The van der Waals surface area contributed by atoms with Crippen LogP contribution in [-0.2, 0) is 9.59 Å². The number of hydrogen-bond donors (Lipinski definition) is 5. The number of unbranched alkanes of at least 4 members (excludes halogenated alkanes) is 2. The van der Waals surface area contributed by atoms with Crippen LogP contribution in [0.2, 0.25) is 0 Å². The molecule has 272 valence electrons. The number of fused-ring (bicyclic) bond motifs is 2. The highest BCUT2D eigenvalue weighted by molar-refractivity contribution is 6.01. The molecule has 0 aromatic heterocycles. The minimum Gasteiger partial charge on any atom is -0.485 e. The Kier molecular flexibility index (Phi) is 12.2. The lowest BCUT2D eigenvalue weighted by Crippen LogP contribution is -2.50. The Morgan fingerprint density at radius 3 is 2.35 bits per heavy atom. The number of carbonyl (C=O) groups is 4. The van der Waals surface area contributed by atoms with E-state index in [1.165, 1.54) is 4.90 Å². The van der Waals surface area contributed by atoms with Gasteiger partial charge in [0.1, 0.15) is 6.10 Å². The van der Waals surface area contributed by atoms with Crippen molar-refractivity contribution < 1.29 is 38.5 Å². The fraction of sp³-hybridized carbons (Fsp3) is 0.405. The molecule has 5 amide bonds. The van der Waals surface area contributed by atoms with Gasteiger partial charge in [0.15, 0.2) is 17.2 Å². The number of nitrogen functional groups attached to an aromatic ring is 1. The minimum atomic E-state index is -0.590. The van der Waals surface area contributed by atoms with Crippen LogP contribution in [0.1, 0.15) is 56.3 Å². The van der Waals surface area contributed by atoms with Gasteiger partial charge in [-0.3, -0.25) is 14.4 Å². The molecule has 0 fully saturated rings.